The second-order valence-electron chi connectivity index (χ2n) is 9.62. The Labute approximate surface area is 198 Å². The van der Waals surface area contributed by atoms with E-state index in [2.05, 4.69) is 44.6 Å². The monoisotopic (exact) mass is 430 g/mol. The van der Waals surface area contributed by atoms with Crippen molar-refractivity contribution in [1.29, 1.82) is 0 Å². The van der Waals surface area contributed by atoms with Gasteiger partial charge in [0.05, 0.1) is 0 Å². The van der Waals surface area contributed by atoms with Gasteiger partial charge in [0.15, 0.2) is 0 Å². The van der Waals surface area contributed by atoms with Gasteiger partial charge in [-0.3, -0.25) is 0 Å². The molecular weight excluding hydrogens is 372 g/mol. The maximum absolute atomic E-state index is 3.30. The van der Waals surface area contributed by atoms with E-state index in [0.717, 1.165) is 0 Å². The summed E-state index contributed by atoms with van der Waals surface area (Å²) in [4.78, 5) is 0. The molecule has 0 rings (SSSR count). The van der Waals surface area contributed by atoms with Gasteiger partial charge in [-0.05, 0) is 25.7 Å². The first-order valence-electron chi connectivity index (χ1n) is 14.5. The molecule has 0 aliphatic heterocycles. The van der Waals surface area contributed by atoms with Crippen LogP contribution in [0, 0.1) is 6.42 Å². The molecule has 0 aromatic rings. The van der Waals surface area contributed by atoms with Gasteiger partial charge in [0.2, 0.25) is 0 Å². The summed E-state index contributed by atoms with van der Waals surface area (Å²) in [6.07, 6.45) is 45.9. The maximum atomic E-state index is 3.30. The van der Waals surface area contributed by atoms with Crippen molar-refractivity contribution in [2.45, 2.75) is 168 Å². The number of allylic oxidation sites excluding steroid dienone is 4. The van der Waals surface area contributed by atoms with E-state index < -0.39 is 0 Å². The van der Waals surface area contributed by atoms with Crippen LogP contribution in [0.3, 0.4) is 0 Å². The summed E-state index contributed by atoms with van der Waals surface area (Å²) in [6.45, 7) is 4.59. The highest BCUT2D eigenvalue weighted by Gasteiger charge is 1.93. The molecule has 0 bridgehead atoms. The Hall–Kier alpha value is -0.520. The summed E-state index contributed by atoms with van der Waals surface area (Å²) >= 11 is 0. The van der Waals surface area contributed by atoms with Crippen molar-refractivity contribution in [3.05, 3.63) is 30.7 Å². The predicted molar refractivity (Wildman–Crippen MR) is 144 cm³/mol. The third-order valence-corrected chi connectivity index (χ3v) is 6.38. The van der Waals surface area contributed by atoms with E-state index in [1.807, 2.05) is 0 Å². The van der Waals surface area contributed by atoms with E-state index in [1.54, 1.807) is 0 Å². The average Bonchev–Trinajstić information content (AvgIpc) is 2.78. The molecule has 0 aliphatic carbocycles. The zero-order chi connectivity index (χ0) is 22.5. The van der Waals surface area contributed by atoms with Crippen molar-refractivity contribution < 1.29 is 0 Å². The molecule has 0 heterocycles. The normalized spacial score (nSPS) is 11.9. The molecular formula is C31H58. The lowest BCUT2D eigenvalue weighted by atomic mass is 10.1. The Bertz CT molecular complexity index is 317. The van der Waals surface area contributed by atoms with Crippen molar-refractivity contribution >= 4 is 0 Å². The molecule has 0 saturated carbocycles. The van der Waals surface area contributed by atoms with Gasteiger partial charge in [0.1, 0.15) is 0 Å². The van der Waals surface area contributed by atoms with Crippen LogP contribution in [0.2, 0.25) is 0 Å². The summed E-state index contributed by atoms with van der Waals surface area (Å²) in [5.41, 5.74) is 0. The second-order valence-corrected chi connectivity index (χ2v) is 9.62. The van der Waals surface area contributed by atoms with Crippen LogP contribution in [0.5, 0.6) is 0 Å². The fourth-order valence-electron chi connectivity index (χ4n) is 4.21. The first-order valence-corrected chi connectivity index (χ1v) is 14.5. The summed E-state index contributed by atoms with van der Waals surface area (Å²) in [7, 11) is 0. The molecule has 0 heteroatoms. The van der Waals surface area contributed by atoms with Gasteiger partial charge in [-0.25, -0.2) is 0 Å². The molecule has 0 aromatic heterocycles. The highest BCUT2D eigenvalue weighted by molar-refractivity contribution is 5.08. The molecule has 0 nitrogen and oxygen atoms in total. The van der Waals surface area contributed by atoms with E-state index in [-0.39, 0.29) is 0 Å². The zero-order valence-corrected chi connectivity index (χ0v) is 21.8. The first-order chi connectivity index (χ1) is 15.4. The van der Waals surface area contributed by atoms with Gasteiger partial charge >= 0.3 is 0 Å². The van der Waals surface area contributed by atoms with Crippen LogP contribution in [0.1, 0.15) is 168 Å². The average molecular weight is 431 g/mol. The molecule has 0 amide bonds. The van der Waals surface area contributed by atoms with Crippen molar-refractivity contribution in [2.24, 2.45) is 0 Å². The van der Waals surface area contributed by atoms with Crippen LogP contribution in [-0.2, 0) is 0 Å². The molecule has 0 unspecified atom stereocenters. The molecule has 0 aliphatic rings. The minimum Gasteiger partial charge on any atom is -0.0876 e. The highest BCUT2D eigenvalue weighted by Crippen LogP contribution is 2.13. The largest absolute Gasteiger partial charge is 0.0876 e. The molecule has 182 valence electrons. The van der Waals surface area contributed by atoms with Crippen LogP contribution in [0.25, 0.3) is 0 Å². The smallest absolute Gasteiger partial charge is 0.0337 e. The Morgan fingerprint density at radius 3 is 0.903 bits per heavy atom. The Kier molecular flexibility index (Phi) is 29.0. The van der Waals surface area contributed by atoms with Gasteiger partial charge < -0.3 is 0 Å². The van der Waals surface area contributed by atoms with Crippen LogP contribution >= 0.6 is 0 Å². The highest BCUT2D eigenvalue weighted by atomic mass is 14.0. The van der Waals surface area contributed by atoms with Gasteiger partial charge in [-0.2, -0.15) is 0 Å². The Balaban J connectivity index is 3.14. The SMILES string of the molecule is CCCCCCCCCCCCC/C=C\[C]/C=C\CCCCCCCCCCCCC. The lowest BCUT2D eigenvalue weighted by Gasteiger charge is -2.01. The zero-order valence-electron chi connectivity index (χ0n) is 21.8. The Morgan fingerprint density at radius 2 is 0.613 bits per heavy atom. The molecule has 0 saturated heterocycles. The van der Waals surface area contributed by atoms with Gasteiger partial charge in [-0.15, -0.1) is 0 Å². The Morgan fingerprint density at radius 1 is 0.355 bits per heavy atom. The van der Waals surface area contributed by atoms with Crippen molar-refractivity contribution in [3.8, 4) is 0 Å². The van der Waals surface area contributed by atoms with Crippen molar-refractivity contribution in [3.63, 3.8) is 0 Å². The lowest BCUT2D eigenvalue weighted by molar-refractivity contribution is 0.550. The number of unbranched alkanes of at least 4 members (excludes halogenated alkanes) is 22. The third kappa shape index (κ3) is 29.5. The number of hydrogen-bond donors (Lipinski definition) is 0. The topological polar surface area (TPSA) is 0 Å². The van der Waals surface area contributed by atoms with Crippen molar-refractivity contribution in [2.75, 3.05) is 0 Å². The third-order valence-electron chi connectivity index (χ3n) is 6.38. The summed E-state index contributed by atoms with van der Waals surface area (Å²) in [5.74, 6) is 0. The standard InChI is InChI=1S/C31H58/c1-3-5-7-9-11-13-15-17-19-21-23-25-27-29-31-30-28-26-24-22-20-18-16-14-12-10-8-6-4-2/h27-30H,3-26H2,1-2H3/b29-27-,30-28-. The molecule has 2 radical (unpaired) electrons. The minimum absolute atomic E-state index is 1.22. The van der Waals surface area contributed by atoms with E-state index in [9.17, 15) is 0 Å². The molecule has 0 fully saturated rings. The van der Waals surface area contributed by atoms with E-state index >= 15 is 0 Å². The molecule has 0 atom stereocenters. The van der Waals surface area contributed by atoms with Gasteiger partial charge in [0, 0.05) is 6.42 Å². The van der Waals surface area contributed by atoms with E-state index in [1.165, 1.54) is 154 Å². The molecule has 31 heavy (non-hydrogen) atoms. The van der Waals surface area contributed by atoms with Crippen molar-refractivity contribution in [1.82, 2.24) is 0 Å². The van der Waals surface area contributed by atoms with Crippen LogP contribution in [0.4, 0.5) is 0 Å². The number of rotatable bonds is 26. The quantitative estimate of drug-likeness (QED) is 0.120. The second kappa shape index (κ2) is 29.5. The van der Waals surface area contributed by atoms with Crippen LogP contribution in [-0.4, -0.2) is 0 Å². The first kappa shape index (κ1) is 30.5. The summed E-state index contributed by atoms with van der Waals surface area (Å²) in [5, 5.41) is 0. The number of hydrogen-bond acceptors (Lipinski definition) is 0. The van der Waals surface area contributed by atoms with Crippen LogP contribution in [0.15, 0.2) is 24.3 Å². The minimum atomic E-state index is 1.22. The van der Waals surface area contributed by atoms with Gasteiger partial charge in [-0.1, -0.05) is 167 Å². The summed E-state index contributed by atoms with van der Waals surface area (Å²) in [6, 6.07) is 0. The van der Waals surface area contributed by atoms with Gasteiger partial charge in [0.25, 0.3) is 0 Å². The fraction of sp³-hybridized carbons (Fsp3) is 0.839. The maximum Gasteiger partial charge on any atom is 0.0337 e. The fourth-order valence-corrected chi connectivity index (χ4v) is 4.21. The lowest BCUT2D eigenvalue weighted by Crippen LogP contribution is -1.82. The van der Waals surface area contributed by atoms with Crippen LogP contribution < -0.4 is 0 Å². The van der Waals surface area contributed by atoms with E-state index in [4.69, 9.17) is 0 Å². The molecule has 0 spiro atoms. The molecule has 0 N–H and O–H groups in total. The predicted octanol–water partition coefficient (Wildman–Crippen LogP) is 11.6. The summed E-state index contributed by atoms with van der Waals surface area (Å²) < 4.78 is 0. The molecule has 0 aromatic carbocycles. The van der Waals surface area contributed by atoms with E-state index in [0.29, 0.717) is 0 Å².